The highest BCUT2D eigenvalue weighted by atomic mass is 32.1. The summed E-state index contributed by atoms with van der Waals surface area (Å²) < 4.78 is 9.09. The number of aryl methyl sites for hydroxylation is 2. The molecule has 0 bridgehead atoms. The summed E-state index contributed by atoms with van der Waals surface area (Å²) in [6, 6.07) is 10.1. The van der Waals surface area contributed by atoms with Gasteiger partial charge in [0.2, 0.25) is 0 Å². The summed E-state index contributed by atoms with van der Waals surface area (Å²) in [4.78, 5) is 23.6. The zero-order chi connectivity index (χ0) is 28.0. The number of hydrogen-bond donors (Lipinski definition) is 2. The van der Waals surface area contributed by atoms with E-state index >= 15 is 0 Å². The molecule has 1 aromatic carbocycles. The molecule has 3 N–H and O–H groups in total. The highest BCUT2D eigenvalue weighted by molar-refractivity contribution is 7.17. The minimum Gasteiger partial charge on any atom is -0.487 e. The van der Waals surface area contributed by atoms with E-state index in [1.54, 1.807) is 35.3 Å². The van der Waals surface area contributed by atoms with E-state index in [0.29, 0.717) is 30.1 Å². The molecule has 1 aliphatic heterocycles. The lowest BCUT2D eigenvalue weighted by molar-refractivity contribution is -0.137. The van der Waals surface area contributed by atoms with Crippen LogP contribution in [0.5, 0.6) is 5.75 Å². The van der Waals surface area contributed by atoms with Gasteiger partial charge in [-0.15, -0.1) is 16.4 Å². The van der Waals surface area contributed by atoms with Crippen molar-refractivity contribution >= 4 is 44.4 Å². The molecule has 0 unspecified atom stereocenters. The van der Waals surface area contributed by atoms with Gasteiger partial charge in [-0.25, -0.2) is 14.6 Å². The fourth-order valence-corrected chi connectivity index (χ4v) is 6.51. The van der Waals surface area contributed by atoms with Crippen LogP contribution in [0.1, 0.15) is 53.6 Å². The molecule has 2 atom stereocenters. The smallest absolute Gasteiger partial charge is 0.304 e. The van der Waals surface area contributed by atoms with Crippen molar-refractivity contribution in [1.29, 1.82) is 0 Å². The summed E-state index contributed by atoms with van der Waals surface area (Å²) in [6.45, 7) is 6.11. The maximum atomic E-state index is 12.1. The number of aliphatic carboxylic acids is 1. The molecule has 10 nitrogen and oxygen atoms in total. The molecule has 0 aliphatic carbocycles. The summed E-state index contributed by atoms with van der Waals surface area (Å²) in [5.74, 6) is -0.00762. The number of thiophene rings is 1. The molecular formula is C29H31N7O3S. The Balaban J connectivity index is 1.42. The zero-order valence-electron chi connectivity index (χ0n) is 22.7. The second kappa shape index (κ2) is 10.5. The van der Waals surface area contributed by atoms with Crippen LogP contribution in [0.2, 0.25) is 0 Å². The topological polar surface area (TPSA) is 132 Å². The monoisotopic (exact) mass is 557 g/mol. The lowest BCUT2D eigenvalue weighted by Crippen LogP contribution is -2.32. The third-order valence-corrected chi connectivity index (χ3v) is 8.66. The van der Waals surface area contributed by atoms with E-state index in [-0.39, 0.29) is 12.5 Å². The number of fused-ring (bicyclic) bond motifs is 3. The van der Waals surface area contributed by atoms with Crippen LogP contribution in [0.3, 0.4) is 0 Å². The third-order valence-electron chi connectivity index (χ3n) is 7.65. The molecule has 11 heteroatoms. The predicted octanol–water partition coefficient (Wildman–Crippen LogP) is 4.64. The predicted molar refractivity (Wildman–Crippen MR) is 154 cm³/mol. The van der Waals surface area contributed by atoms with Gasteiger partial charge in [-0.1, -0.05) is 18.2 Å². The number of benzene rings is 1. The van der Waals surface area contributed by atoms with Crippen molar-refractivity contribution in [2.45, 2.75) is 51.8 Å². The van der Waals surface area contributed by atoms with Gasteiger partial charge >= 0.3 is 5.97 Å². The van der Waals surface area contributed by atoms with E-state index in [9.17, 15) is 9.90 Å². The van der Waals surface area contributed by atoms with Crippen molar-refractivity contribution in [2.75, 3.05) is 12.3 Å². The summed E-state index contributed by atoms with van der Waals surface area (Å²) >= 11 is 1.70. The number of nitrogens with zero attached hydrogens (tertiary/aromatic N) is 6. The van der Waals surface area contributed by atoms with E-state index in [0.717, 1.165) is 52.0 Å². The number of ether oxygens (including phenoxy) is 1. The van der Waals surface area contributed by atoms with Crippen LogP contribution in [0.25, 0.3) is 21.3 Å². The second-order valence-corrected chi connectivity index (χ2v) is 11.3. The molecule has 1 aliphatic rings. The van der Waals surface area contributed by atoms with Crippen LogP contribution in [0.4, 0.5) is 5.82 Å². The molecule has 0 spiro atoms. The summed E-state index contributed by atoms with van der Waals surface area (Å²) in [6.07, 6.45) is 2.61. The number of nitrogens with two attached hydrogens (primary N) is 1. The first kappa shape index (κ1) is 26.1. The third kappa shape index (κ3) is 4.86. The van der Waals surface area contributed by atoms with Gasteiger partial charge in [-0.05, 0) is 70.6 Å². The SMILES string of the molecule is CC[C@@H]1CN(Cc2cc([C@H](CC(=O)O)c3cnc4c(nnn4C)c3C)cc3ccsc23)Cc2nc(N)ccc2O1. The van der Waals surface area contributed by atoms with E-state index in [1.165, 1.54) is 4.70 Å². The molecule has 5 aromatic rings. The van der Waals surface area contributed by atoms with Crippen LogP contribution >= 0.6 is 11.3 Å². The Bertz CT molecular complexity index is 1730. The number of nitrogen functional groups attached to an aromatic ring is 1. The normalized spacial score (nSPS) is 16.5. The fourth-order valence-electron chi connectivity index (χ4n) is 5.62. The average molecular weight is 558 g/mol. The molecule has 0 saturated carbocycles. The number of carboxylic acid groups (broad SMARTS) is 1. The quantitative estimate of drug-likeness (QED) is 0.294. The molecule has 4 aromatic heterocycles. The minimum absolute atomic E-state index is 0.0286. The summed E-state index contributed by atoms with van der Waals surface area (Å²) in [5.41, 5.74) is 12.0. The van der Waals surface area contributed by atoms with Gasteiger partial charge in [-0.2, -0.15) is 0 Å². The fraction of sp³-hybridized carbons (Fsp3) is 0.345. The highest BCUT2D eigenvalue weighted by Gasteiger charge is 2.27. The molecule has 6 rings (SSSR count). The van der Waals surface area contributed by atoms with E-state index in [4.69, 9.17) is 10.5 Å². The maximum absolute atomic E-state index is 12.1. The van der Waals surface area contributed by atoms with Gasteiger partial charge in [0.25, 0.3) is 0 Å². The Hall–Kier alpha value is -4.09. The van der Waals surface area contributed by atoms with Crippen molar-refractivity contribution in [3.8, 4) is 5.75 Å². The van der Waals surface area contributed by atoms with E-state index < -0.39 is 11.9 Å². The molecule has 40 heavy (non-hydrogen) atoms. The summed E-state index contributed by atoms with van der Waals surface area (Å²) in [7, 11) is 1.80. The Kier molecular flexibility index (Phi) is 6.85. The van der Waals surface area contributed by atoms with Crippen LogP contribution in [0.15, 0.2) is 41.9 Å². The Labute approximate surface area is 235 Å². The maximum Gasteiger partial charge on any atom is 0.304 e. The van der Waals surface area contributed by atoms with Crippen LogP contribution in [-0.4, -0.2) is 53.6 Å². The zero-order valence-corrected chi connectivity index (χ0v) is 23.5. The molecule has 0 amide bonds. The van der Waals surface area contributed by atoms with Gasteiger partial charge in [0.1, 0.15) is 23.2 Å². The minimum atomic E-state index is -0.869. The van der Waals surface area contributed by atoms with Gasteiger partial charge in [0.05, 0.1) is 12.1 Å². The average Bonchev–Trinajstić information content (AvgIpc) is 3.51. The van der Waals surface area contributed by atoms with Crippen molar-refractivity contribution in [1.82, 2.24) is 29.9 Å². The second-order valence-electron chi connectivity index (χ2n) is 10.4. The van der Waals surface area contributed by atoms with Gasteiger partial charge < -0.3 is 15.6 Å². The highest BCUT2D eigenvalue weighted by Crippen LogP contribution is 2.37. The summed E-state index contributed by atoms with van der Waals surface area (Å²) in [5, 5.41) is 21.5. The van der Waals surface area contributed by atoms with Gasteiger partial charge in [0, 0.05) is 43.5 Å². The van der Waals surface area contributed by atoms with Crippen LogP contribution in [-0.2, 0) is 24.9 Å². The van der Waals surface area contributed by atoms with Crippen molar-refractivity contribution < 1.29 is 14.6 Å². The number of rotatable bonds is 7. The van der Waals surface area contributed by atoms with E-state index in [2.05, 4.69) is 55.7 Å². The largest absolute Gasteiger partial charge is 0.487 e. The van der Waals surface area contributed by atoms with Crippen LogP contribution < -0.4 is 10.5 Å². The number of aromatic nitrogens is 5. The molecule has 0 fully saturated rings. The van der Waals surface area contributed by atoms with Crippen molar-refractivity contribution in [2.24, 2.45) is 7.05 Å². The van der Waals surface area contributed by atoms with Crippen molar-refractivity contribution in [3.63, 3.8) is 0 Å². The first-order valence-corrected chi connectivity index (χ1v) is 14.2. The first-order chi connectivity index (χ1) is 19.3. The lowest BCUT2D eigenvalue weighted by atomic mass is 9.85. The van der Waals surface area contributed by atoms with Crippen molar-refractivity contribution in [3.05, 3.63) is 69.9 Å². The number of carbonyl (C=O) groups is 1. The molecule has 5 heterocycles. The van der Waals surface area contributed by atoms with Gasteiger partial charge in [-0.3, -0.25) is 9.69 Å². The standard InChI is InChI=1S/C29H31N7O3S/c1-4-20-14-36(15-23-24(39-20)5-6-25(30)32-23)13-19-10-18(9-17-7-8-40-28(17)19)21(11-26(37)38)22-12-31-29-27(16(22)2)33-34-35(29)3/h5-10,12,20-21H,4,11,13-15H2,1-3H3,(H2,30,32)(H,37,38)/t20-,21+/m1/s1. The molecule has 0 saturated heterocycles. The Morgan fingerprint density at radius 3 is 2.95 bits per heavy atom. The van der Waals surface area contributed by atoms with E-state index in [1.807, 2.05) is 13.0 Å². The lowest BCUT2D eigenvalue weighted by Gasteiger charge is -2.24. The Morgan fingerprint density at radius 2 is 2.15 bits per heavy atom. The van der Waals surface area contributed by atoms with Crippen LogP contribution in [0, 0.1) is 6.92 Å². The number of carboxylic acids is 1. The molecule has 0 radical (unpaired) electrons. The Morgan fingerprint density at radius 1 is 1.30 bits per heavy atom. The molecular weight excluding hydrogens is 526 g/mol. The number of hydrogen-bond acceptors (Lipinski definition) is 9. The number of anilines is 1. The van der Waals surface area contributed by atoms with Gasteiger partial charge in [0.15, 0.2) is 5.65 Å². The number of pyridine rings is 2. The molecule has 206 valence electrons. The first-order valence-electron chi connectivity index (χ1n) is 13.3.